The first-order valence-corrected chi connectivity index (χ1v) is 8.34. The summed E-state index contributed by atoms with van der Waals surface area (Å²) in [6.45, 7) is 0. The van der Waals surface area contributed by atoms with Crippen LogP contribution in [0.3, 0.4) is 0 Å². The average Bonchev–Trinajstić information content (AvgIpc) is 2.89. The predicted octanol–water partition coefficient (Wildman–Crippen LogP) is 1.73. The second-order valence-electron chi connectivity index (χ2n) is 4.57. The highest BCUT2D eigenvalue weighted by molar-refractivity contribution is 7.89. The van der Waals surface area contributed by atoms with E-state index in [4.69, 9.17) is 5.14 Å². The van der Waals surface area contributed by atoms with E-state index < -0.39 is 10.0 Å². The summed E-state index contributed by atoms with van der Waals surface area (Å²) in [6, 6.07) is 3.47. The second-order valence-corrected chi connectivity index (χ2v) is 6.88. The van der Waals surface area contributed by atoms with E-state index in [1.165, 1.54) is 23.4 Å². The Kier molecular flexibility index (Phi) is 3.12. The van der Waals surface area contributed by atoms with Gasteiger partial charge >= 0.3 is 0 Å². The van der Waals surface area contributed by atoms with Crippen LogP contribution < -0.4 is 5.14 Å². The van der Waals surface area contributed by atoms with Gasteiger partial charge in [-0.25, -0.2) is 18.5 Å². The minimum atomic E-state index is -3.75. The Hall–Kier alpha value is -1.31. The van der Waals surface area contributed by atoms with E-state index in [1.807, 2.05) is 6.07 Å². The molecular weight excluding hydrogens is 282 g/mol. The summed E-state index contributed by atoms with van der Waals surface area (Å²) < 4.78 is 27.5. The number of nitrogens with zero attached hydrogens (tertiary/aromatic N) is 2. The Morgan fingerprint density at radius 2 is 2.00 bits per heavy atom. The first kappa shape index (κ1) is 12.7. The predicted molar refractivity (Wildman–Crippen MR) is 73.4 cm³/mol. The molecule has 0 spiro atoms. The molecule has 0 saturated heterocycles. The van der Waals surface area contributed by atoms with Crippen molar-refractivity contribution in [2.45, 2.75) is 30.6 Å². The van der Waals surface area contributed by atoms with Crippen LogP contribution in [0.1, 0.15) is 24.0 Å². The SMILES string of the molecule is NS(=O)(=O)c1ccc2c(c1-c1ncns1)CCCC2. The molecule has 100 valence electrons. The van der Waals surface area contributed by atoms with Gasteiger partial charge in [0, 0.05) is 5.56 Å². The van der Waals surface area contributed by atoms with Crippen molar-refractivity contribution in [1.82, 2.24) is 9.36 Å². The zero-order valence-electron chi connectivity index (χ0n) is 10.2. The summed E-state index contributed by atoms with van der Waals surface area (Å²) in [4.78, 5) is 4.31. The molecule has 0 radical (unpaired) electrons. The molecule has 0 atom stereocenters. The molecule has 1 aliphatic carbocycles. The second kappa shape index (κ2) is 4.66. The molecule has 0 amide bonds. The third-order valence-corrected chi connectivity index (χ3v) is 5.01. The fourth-order valence-electron chi connectivity index (χ4n) is 2.56. The van der Waals surface area contributed by atoms with Gasteiger partial charge in [0.1, 0.15) is 11.3 Å². The number of fused-ring (bicyclic) bond motifs is 1. The summed E-state index contributed by atoms with van der Waals surface area (Å²) in [5.41, 5.74) is 2.92. The number of aryl methyl sites for hydroxylation is 1. The highest BCUT2D eigenvalue weighted by Crippen LogP contribution is 2.36. The number of hydrogen-bond donors (Lipinski definition) is 1. The molecule has 0 fully saturated rings. The molecule has 1 aromatic heterocycles. The van der Waals surface area contributed by atoms with Crippen LogP contribution in [0.25, 0.3) is 10.6 Å². The molecule has 0 unspecified atom stereocenters. The first-order valence-electron chi connectivity index (χ1n) is 6.02. The maximum absolute atomic E-state index is 11.8. The van der Waals surface area contributed by atoms with Crippen LogP contribution in [0.5, 0.6) is 0 Å². The largest absolute Gasteiger partial charge is 0.238 e. The molecule has 2 N–H and O–H groups in total. The van der Waals surface area contributed by atoms with Crippen molar-refractivity contribution in [3.05, 3.63) is 29.6 Å². The molecule has 3 rings (SSSR count). The summed E-state index contributed by atoms with van der Waals surface area (Å²) in [7, 11) is -3.75. The maximum Gasteiger partial charge on any atom is 0.238 e. The number of nitrogens with two attached hydrogens (primary N) is 1. The molecule has 0 aliphatic heterocycles. The van der Waals surface area contributed by atoms with Crippen molar-refractivity contribution >= 4 is 21.6 Å². The van der Waals surface area contributed by atoms with Gasteiger partial charge in [0.15, 0.2) is 0 Å². The smallest absolute Gasteiger partial charge is 0.225 e. The molecule has 1 aliphatic rings. The molecule has 1 heterocycles. The van der Waals surface area contributed by atoms with Gasteiger partial charge in [-0.3, -0.25) is 0 Å². The lowest BCUT2D eigenvalue weighted by Crippen LogP contribution is -2.16. The number of aromatic nitrogens is 2. The van der Waals surface area contributed by atoms with Crippen molar-refractivity contribution < 1.29 is 8.42 Å². The summed E-state index contributed by atoms with van der Waals surface area (Å²) in [5.74, 6) is 0. The van der Waals surface area contributed by atoms with Crippen LogP contribution in [0.2, 0.25) is 0 Å². The topological polar surface area (TPSA) is 85.9 Å². The molecule has 1 aromatic carbocycles. The van der Waals surface area contributed by atoms with E-state index in [9.17, 15) is 8.42 Å². The van der Waals surface area contributed by atoms with Crippen molar-refractivity contribution in [3.8, 4) is 10.6 Å². The number of hydrogen-bond acceptors (Lipinski definition) is 5. The van der Waals surface area contributed by atoms with Gasteiger partial charge in [-0.1, -0.05) is 6.07 Å². The van der Waals surface area contributed by atoms with Crippen molar-refractivity contribution in [2.24, 2.45) is 5.14 Å². The Bertz CT molecular complexity index is 709. The zero-order valence-corrected chi connectivity index (χ0v) is 11.8. The fraction of sp³-hybridized carbons (Fsp3) is 0.333. The number of benzene rings is 1. The summed E-state index contributed by atoms with van der Waals surface area (Å²) in [6.07, 6.45) is 5.49. The molecule has 19 heavy (non-hydrogen) atoms. The Morgan fingerprint density at radius 3 is 2.68 bits per heavy atom. The van der Waals surface area contributed by atoms with Crippen LogP contribution in [0, 0.1) is 0 Å². The van der Waals surface area contributed by atoms with E-state index in [-0.39, 0.29) is 4.90 Å². The van der Waals surface area contributed by atoms with Crippen molar-refractivity contribution in [3.63, 3.8) is 0 Å². The van der Waals surface area contributed by atoms with Gasteiger partial charge in [0.05, 0.1) is 4.90 Å². The highest BCUT2D eigenvalue weighted by atomic mass is 32.2. The van der Waals surface area contributed by atoms with Crippen LogP contribution >= 0.6 is 11.5 Å². The van der Waals surface area contributed by atoms with Crippen LogP contribution in [-0.2, 0) is 22.9 Å². The van der Waals surface area contributed by atoms with Gasteiger partial charge in [-0.05, 0) is 54.4 Å². The molecule has 2 aromatic rings. The molecule has 0 bridgehead atoms. The monoisotopic (exact) mass is 295 g/mol. The molecule has 5 nitrogen and oxygen atoms in total. The number of primary sulfonamides is 1. The number of rotatable bonds is 2. The average molecular weight is 295 g/mol. The van der Waals surface area contributed by atoms with Gasteiger partial charge in [0.2, 0.25) is 10.0 Å². The van der Waals surface area contributed by atoms with Gasteiger partial charge in [-0.2, -0.15) is 4.37 Å². The van der Waals surface area contributed by atoms with E-state index in [0.717, 1.165) is 31.2 Å². The standard InChI is InChI=1S/C12H13N3O2S2/c13-19(16,17)10-6-5-8-3-1-2-4-9(8)11(10)12-14-7-15-18-12/h5-7H,1-4H2,(H2,13,16,17). The van der Waals surface area contributed by atoms with Gasteiger partial charge in [-0.15, -0.1) is 0 Å². The van der Waals surface area contributed by atoms with E-state index in [2.05, 4.69) is 9.36 Å². The lowest BCUT2D eigenvalue weighted by atomic mass is 9.88. The highest BCUT2D eigenvalue weighted by Gasteiger charge is 2.24. The fourth-order valence-corrected chi connectivity index (χ4v) is 4.00. The minimum absolute atomic E-state index is 0.157. The van der Waals surface area contributed by atoms with Gasteiger partial charge < -0.3 is 0 Å². The Balaban J connectivity index is 2.33. The maximum atomic E-state index is 11.8. The summed E-state index contributed by atoms with van der Waals surface area (Å²) in [5, 5.41) is 5.95. The number of sulfonamides is 1. The van der Waals surface area contributed by atoms with Crippen LogP contribution in [0.15, 0.2) is 23.4 Å². The molecular formula is C12H13N3O2S2. The van der Waals surface area contributed by atoms with Crippen LogP contribution in [0.4, 0.5) is 0 Å². The third-order valence-electron chi connectivity index (χ3n) is 3.38. The lowest BCUT2D eigenvalue weighted by Gasteiger charge is -2.20. The third kappa shape index (κ3) is 2.29. The van der Waals surface area contributed by atoms with Gasteiger partial charge in [0.25, 0.3) is 0 Å². The van der Waals surface area contributed by atoms with Crippen LogP contribution in [-0.4, -0.2) is 17.8 Å². The Morgan fingerprint density at radius 1 is 1.21 bits per heavy atom. The Labute approximate surface area is 115 Å². The minimum Gasteiger partial charge on any atom is -0.225 e. The summed E-state index contributed by atoms with van der Waals surface area (Å²) >= 11 is 1.20. The van der Waals surface area contributed by atoms with E-state index in [1.54, 1.807) is 6.07 Å². The molecule has 7 heteroatoms. The van der Waals surface area contributed by atoms with E-state index in [0.29, 0.717) is 10.6 Å². The first-order chi connectivity index (χ1) is 9.07. The van der Waals surface area contributed by atoms with Crippen molar-refractivity contribution in [2.75, 3.05) is 0 Å². The quantitative estimate of drug-likeness (QED) is 0.914. The van der Waals surface area contributed by atoms with E-state index >= 15 is 0 Å². The molecule has 0 saturated carbocycles. The van der Waals surface area contributed by atoms with Crippen molar-refractivity contribution in [1.29, 1.82) is 0 Å². The lowest BCUT2D eigenvalue weighted by molar-refractivity contribution is 0.597. The normalized spacial score (nSPS) is 15.2. The zero-order chi connectivity index (χ0) is 13.5.